The van der Waals surface area contributed by atoms with E-state index in [-0.39, 0.29) is 39.0 Å². The highest BCUT2D eigenvalue weighted by Gasteiger charge is 2.38. The molecule has 12 nitrogen and oxygen atoms in total. The minimum atomic E-state index is -4.46. The van der Waals surface area contributed by atoms with Crippen molar-refractivity contribution in [2.24, 2.45) is 0 Å². The maximum Gasteiger partial charge on any atom is 0.416 e. The molecule has 43 heavy (non-hydrogen) atoms. The summed E-state index contributed by atoms with van der Waals surface area (Å²) in [7, 11) is -2.73. The van der Waals surface area contributed by atoms with E-state index in [0.29, 0.717) is 5.76 Å². The number of aliphatic hydroxyl groups excluding tert-OH is 1. The lowest BCUT2D eigenvalue weighted by molar-refractivity contribution is -0.137. The molecule has 0 spiro atoms. The van der Waals surface area contributed by atoms with Crippen molar-refractivity contribution in [3.8, 4) is 0 Å². The topological polar surface area (TPSA) is 175 Å². The van der Waals surface area contributed by atoms with E-state index < -0.39 is 39.4 Å². The predicted molar refractivity (Wildman–Crippen MR) is 147 cm³/mol. The molecule has 5 rings (SSSR count). The standard InChI is InChI=1S/C14H13N3O5S.C13H9F3N2O2/c1-8-7-11(16-22-8)15-14(19)12-13(18)9-5-3-4-6-10(9)23(20,21)17(12)2;14-13(15,16)8-3-1-4-9(7-8)18-11-10(12(19)20)5-2-6-17-11/h3-7,18H,1-2H3,(H,15,16,19);1-7H,(H,17,18)(H,19,20). The van der Waals surface area contributed by atoms with Gasteiger partial charge in [0.2, 0.25) is 0 Å². The number of benzene rings is 2. The lowest BCUT2D eigenvalue weighted by atomic mass is 10.1. The number of rotatable bonds is 5. The number of amides is 1. The minimum Gasteiger partial charge on any atom is -0.505 e. The van der Waals surface area contributed by atoms with Gasteiger partial charge in [0.25, 0.3) is 15.9 Å². The highest BCUT2D eigenvalue weighted by Crippen LogP contribution is 2.35. The van der Waals surface area contributed by atoms with E-state index in [0.717, 1.165) is 16.4 Å². The number of alkyl halides is 3. The van der Waals surface area contributed by atoms with Gasteiger partial charge in [-0.15, -0.1) is 0 Å². The molecule has 3 heterocycles. The van der Waals surface area contributed by atoms with E-state index in [1.807, 2.05) is 0 Å². The predicted octanol–water partition coefficient (Wildman–Crippen LogP) is 5.02. The molecular weight excluding hydrogens is 595 g/mol. The van der Waals surface area contributed by atoms with Crippen LogP contribution >= 0.6 is 0 Å². The van der Waals surface area contributed by atoms with Crippen LogP contribution in [0.5, 0.6) is 0 Å². The van der Waals surface area contributed by atoms with E-state index in [9.17, 15) is 36.3 Å². The number of hydrogen-bond acceptors (Lipinski definition) is 9. The number of carbonyl (C=O) groups is 2. The summed E-state index contributed by atoms with van der Waals surface area (Å²) in [6.07, 6.45) is -3.11. The third kappa shape index (κ3) is 6.59. The zero-order chi connectivity index (χ0) is 31.5. The van der Waals surface area contributed by atoms with Gasteiger partial charge in [-0.25, -0.2) is 18.2 Å². The summed E-state index contributed by atoms with van der Waals surface area (Å²) in [6.45, 7) is 1.65. The Bertz CT molecular complexity index is 1840. The molecular formula is C27H22F3N5O7S. The number of hydrogen-bond donors (Lipinski definition) is 4. The van der Waals surface area contributed by atoms with E-state index in [4.69, 9.17) is 9.63 Å². The fourth-order valence-corrected chi connectivity index (χ4v) is 5.27. The Balaban J connectivity index is 0.000000199. The average Bonchev–Trinajstić information content (AvgIpc) is 3.36. The molecule has 0 saturated heterocycles. The molecule has 16 heteroatoms. The van der Waals surface area contributed by atoms with Crippen LogP contribution in [-0.4, -0.2) is 52.0 Å². The molecule has 0 fully saturated rings. The van der Waals surface area contributed by atoms with Gasteiger partial charge in [-0.05, 0) is 49.4 Å². The third-order valence-electron chi connectivity index (χ3n) is 5.90. The van der Waals surface area contributed by atoms with Crippen molar-refractivity contribution < 1.29 is 45.9 Å². The Hall–Kier alpha value is -5.38. The first-order valence-electron chi connectivity index (χ1n) is 12.1. The molecule has 4 N–H and O–H groups in total. The first-order valence-corrected chi connectivity index (χ1v) is 13.5. The van der Waals surface area contributed by atoms with Crippen LogP contribution in [-0.2, 0) is 21.0 Å². The van der Waals surface area contributed by atoms with Crippen molar-refractivity contribution in [1.29, 1.82) is 0 Å². The smallest absolute Gasteiger partial charge is 0.416 e. The molecule has 0 radical (unpaired) electrons. The molecule has 0 unspecified atom stereocenters. The Morgan fingerprint density at radius 3 is 2.40 bits per heavy atom. The van der Waals surface area contributed by atoms with Crippen LogP contribution in [0.2, 0.25) is 0 Å². The van der Waals surface area contributed by atoms with Gasteiger partial charge in [-0.2, -0.15) is 13.2 Å². The maximum absolute atomic E-state index is 12.6. The zero-order valence-corrected chi connectivity index (χ0v) is 23.1. The number of likely N-dealkylation sites (N-methyl/N-ethyl adjacent to an activating group) is 1. The third-order valence-corrected chi connectivity index (χ3v) is 7.71. The normalized spacial score (nSPS) is 13.8. The van der Waals surface area contributed by atoms with Crippen molar-refractivity contribution >= 4 is 45.0 Å². The van der Waals surface area contributed by atoms with Crippen LogP contribution < -0.4 is 10.6 Å². The molecule has 0 aliphatic carbocycles. The van der Waals surface area contributed by atoms with Gasteiger partial charge in [-0.3, -0.25) is 9.10 Å². The van der Waals surface area contributed by atoms with Crippen LogP contribution in [0, 0.1) is 6.92 Å². The van der Waals surface area contributed by atoms with Crippen molar-refractivity contribution in [1.82, 2.24) is 14.4 Å². The summed E-state index contributed by atoms with van der Waals surface area (Å²) in [4.78, 5) is 27.1. The molecule has 2 aromatic heterocycles. The SMILES string of the molecule is Cc1cc(NC(=O)C2=C(O)c3ccccc3S(=O)(=O)N2C)no1.O=C(O)c1cccnc1Nc1cccc(C(F)(F)F)c1. The molecule has 0 atom stereocenters. The largest absolute Gasteiger partial charge is 0.505 e. The summed E-state index contributed by atoms with van der Waals surface area (Å²) >= 11 is 0. The summed E-state index contributed by atoms with van der Waals surface area (Å²) in [6, 6.07) is 14.6. The zero-order valence-electron chi connectivity index (χ0n) is 22.2. The van der Waals surface area contributed by atoms with Crippen LogP contribution in [0.15, 0.2) is 88.0 Å². The number of aromatic nitrogens is 2. The number of pyridine rings is 1. The number of carboxylic acid groups (broad SMARTS) is 1. The number of carbonyl (C=O) groups excluding carboxylic acids is 1. The van der Waals surface area contributed by atoms with Crippen molar-refractivity contribution in [3.05, 3.63) is 101 Å². The van der Waals surface area contributed by atoms with E-state index in [1.54, 1.807) is 19.1 Å². The minimum absolute atomic E-state index is 0.0145. The van der Waals surface area contributed by atoms with Crippen LogP contribution in [0.4, 0.5) is 30.5 Å². The number of carboxylic acids is 1. The molecule has 1 aliphatic heterocycles. The number of sulfonamides is 1. The number of fused-ring (bicyclic) bond motifs is 1. The van der Waals surface area contributed by atoms with Crippen molar-refractivity contribution in [3.63, 3.8) is 0 Å². The summed E-state index contributed by atoms with van der Waals surface area (Å²) < 4.78 is 68.3. The average molecular weight is 618 g/mol. The number of nitrogens with zero attached hydrogens (tertiary/aromatic N) is 3. The van der Waals surface area contributed by atoms with Gasteiger partial charge in [0.1, 0.15) is 17.1 Å². The van der Waals surface area contributed by atoms with Gasteiger partial charge < -0.3 is 25.4 Å². The monoisotopic (exact) mass is 617 g/mol. The highest BCUT2D eigenvalue weighted by molar-refractivity contribution is 7.89. The molecule has 224 valence electrons. The number of anilines is 3. The number of nitrogens with one attached hydrogen (secondary N) is 2. The second-order valence-corrected chi connectivity index (χ2v) is 10.8. The number of aromatic carboxylic acids is 1. The van der Waals surface area contributed by atoms with E-state index in [1.165, 1.54) is 55.7 Å². The Labute approximate surface area is 242 Å². The van der Waals surface area contributed by atoms with Gasteiger partial charge in [0.05, 0.1) is 10.5 Å². The summed E-state index contributed by atoms with van der Waals surface area (Å²) in [5.41, 5.74) is -1.14. The van der Waals surface area contributed by atoms with E-state index in [2.05, 4.69) is 20.8 Å². The Morgan fingerprint density at radius 2 is 1.74 bits per heavy atom. The lowest BCUT2D eigenvalue weighted by Crippen LogP contribution is -2.37. The van der Waals surface area contributed by atoms with Gasteiger partial charge >= 0.3 is 12.1 Å². The quantitative estimate of drug-likeness (QED) is 0.238. The number of aliphatic hydroxyl groups is 1. The van der Waals surface area contributed by atoms with Crippen LogP contribution in [0.3, 0.4) is 0 Å². The van der Waals surface area contributed by atoms with Crippen molar-refractivity contribution in [2.45, 2.75) is 18.0 Å². The fraction of sp³-hybridized carbons (Fsp3) is 0.111. The molecule has 1 aliphatic rings. The molecule has 0 saturated carbocycles. The molecule has 0 bridgehead atoms. The number of halogens is 3. The van der Waals surface area contributed by atoms with Gasteiger partial charge in [-0.1, -0.05) is 23.4 Å². The molecule has 4 aromatic rings. The summed E-state index contributed by atoms with van der Waals surface area (Å²) in [5, 5.41) is 27.9. The second-order valence-electron chi connectivity index (χ2n) is 8.85. The Kier molecular flexibility index (Phi) is 8.43. The van der Waals surface area contributed by atoms with E-state index >= 15 is 0 Å². The summed E-state index contributed by atoms with van der Waals surface area (Å²) in [5.74, 6) is -1.86. The first kappa shape index (κ1) is 30.6. The van der Waals surface area contributed by atoms with Gasteiger partial charge in [0.15, 0.2) is 17.3 Å². The number of aryl methyl sites for hydroxylation is 1. The van der Waals surface area contributed by atoms with Crippen LogP contribution in [0.1, 0.15) is 27.2 Å². The second kappa shape index (κ2) is 11.8. The van der Waals surface area contributed by atoms with Crippen molar-refractivity contribution in [2.75, 3.05) is 17.7 Å². The Morgan fingerprint density at radius 1 is 1.02 bits per heavy atom. The maximum atomic E-state index is 12.6. The fourth-order valence-electron chi connectivity index (χ4n) is 3.87. The first-order chi connectivity index (χ1) is 20.2. The molecule has 2 aromatic carbocycles. The van der Waals surface area contributed by atoms with Crippen LogP contribution in [0.25, 0.3) is 5.76 Å². The molecule has 1 amide bonds. The lowest BCUT2D eigenvalue weighted by Gasteiger charge is -2.28. The highest BCUT2D eigenvalue weighted by atomic mass is 32.2. The van der Waals surface area contributed by atoms with Gasteiger partial charge in [0, 0.05) is 30.6 Å².